The standard InChI is InChI=1S/C15H15ClNO2P/c1-2-15(16)17-19-20(18,13-9-5-3-6-10-13)14-11-7-4-8-12-14/h3-12H,2H2,1H3. The topological polar surface area (TPSA) is 38.7 Å². The summed E-state index contributed by atoms with van der Waals surface area (Å²) >= 11 is 5.85. The minimum Gasteiger partial charge on any atom is -0.329 e. The Kier molecular flexibility index (Phi) is 4.99. The molecule has 0 bridgehead atoms. The highest BCUT2D eigenvalue weighted by atomic mass is 35.5. The zero-order chi connectivity index (χ0) is 14.4. The van der Waals surface area contributed by atoms with E-state index in [1.54, 1.807) is 24.3 Å². The van der Waals surface area contributed by atoms with Gasteiger partial charge in [0.1, 0.15) is 5.17 Å². The number of hydrogen-bond acceptors (Lipinski definition) is 3. The van der Waals surface area contributed by atoms with Crippen LogP contribution in [0.4, 0.5) is 0 Å². The zero-order valence-corrected chi connectivity index (χ0v) is 12.7. The van der Waals surface area contributed by atoms with Gasteiger partial charge in [-0.2, -0.15) is 0 Å². The van der Waals surface area contributed by atoms with E-state index in [1.165, 1.54) is 0 Å². The molecule has 0 aliphatic carbocycles. The van der Waals surface area contributed by atoms with Crippen molar-refractivity contribution in [3.63, 3.8) is 0 Å². The molecule has 0 saturated heterocycles. The molecule has 0 aromatic heterocycles. The van der Waals surface area contributed by atoms with Gasteiger partial charge in [-0.25, -0.2) is 0 Å². The number of halogens is 1. The van der Waals surface area contributed by atoms with Gasteiger partial charge in [-0.15, -0.1) is 0 Å². The molecule has 3 nitrogen and oxygen atoms in total. The number of benzene rings is 2. The van der Waals surface area contributed by atoms with Gasteiger partial charge in [0.15, 0.2) is 0 Å². The number of nitrogens with zero attached hydrogens (tertiary/aromatic N) is 1. The third kappa shape index (κ3) is 3.30. The van der Waals surface area contributed by atoms with E-state index in [1.807, 2.05) is 43.3 Å². The molecule has 0 aliphatic heterocycles. The summed E-state index contributed by atoms with van der Waals surface area (Å²) in [4.78, 5) is 0. The molecular formula is C15H15ClNO2P. The first-order valence-corrected chi connectivity index (χ1v) is 8.29. The lowest BCUT2D eigenvalue weighted by Crippen LogP contribution is -2.16. The van der Waals surface area contributed by atoms with Gasteiger partial charge in [0.2, 0.25) is 0 Å². The van der Waals surface area contributed by atoms with E-state index in [0.717, 1.165) is 0 Å². The maximum Gasteiger partial charge on any atom is 0.330 e. The zero-order valence-electron chi connectivity index (χ0n) is 11.1. The van der Waals surface area contributed by atoms with Gasteiger partial charge in [0.05, 0.1) is 10.6 Å². The summed E-state index contributed by atoms with van der Waals surface area (Å²) in [6.07, 6.45) is 0.533. The van der Waals surface area contributed by atoms with Crippen LogP contribution in [-0.4, -0.2) is 5.17 Å². The van der Waals surface area contributed by atoms with Crippen LogP contribution in [0.5, 0.6) is 0 Å². The Morgan fingerprint density at radius 3 is 1.90 bits per heavy atom. The Labute approximate surface area is 123 Å². The van der Waals surface area contributed by atoms with Crippen LogP contribution in [0.1, 0.15) is 13.3 Å². The lowest BCUT2D eigenvalue weighted by atomic mass is 10.4. The Balaban J connectivity index is 2.47. The number of oxime groups is 1. The average molecular weight is 308 g/mol. The average Bonchev–Trinajstić information content (AvgIpc) is 2.54. The van der Waals surface area contributed by atoms with Crippen molar-refractivity contribution in [1.82, 2.24) is 0 Å². The second kappa shape index (κ2) is 6.74. The maximum absolute atomic E-state index is 13.2. The number of rotatable bonds is 5. The molecule has 0 radical (unpaired) electrons. The van der Waals surface area contributed by atoms with E-state index < -0.39 is 7.37 Å². The van der Waals surface area contributed by atoms with Crippen molar-refractivity contribution in [2.24, 2.45) is 5.16 Å². The molecule has 20 heavy (non-hydrogen) atoms. The van der Waals surface area contributed by atoms with E-state index in [9.17, 15) is 4.57 Å². The van der Waals surface area contributed by atoms with Crippen molar-refractivity contribution in [3.05, 3.63) is 60.7 Å². The Hall–Kier alpha value is -1.57. The normalized spacial score (nSPS) is 12.2. The van der Waals surface area contributed by atoms with Crippen LogP contribution >= 0.6 is 19.0 Å². The predicted octanol–water partition coefficient (Wildman–Crippen LogP) is 3.89. The van der Waals surface area contributed by atoms with Crippen LogP contribution in [0.15, 0.2) is 65.8 Å². The van der Waals surface area contributed by atoms with Crippen LogP contribution in [0, 0.1) is 0 Å². The van der Waals surface area contributed by atoms with Crippen LogP contribution in [0.25, 0.3) is 0 Å². The minimum atomic E-state index is -3.26. The van der Waals surface area contributed by atoms with E-state index in [2.05, 4.69) is 5.16 Å². The fraction of sp³-hybridized carbons (Fsp3) is 0.133. The van der Waals surface area contributed by atoms with E-state index in [4.69, 9.17) is 16.2 Å². The van der Waals surface area contributed by atoms with Crippen molar-refractivity contribution >= 4 is 34.7 Å². The molecule has 5 heteroatoms. The van der Waals surface area contributed by atoms with Gasteiger partial charge >= 0.3 is 7.37 Å². The summed E-state index contributed by atoms with van der Waals surface area (Å²) in [5.41, 5.74) is 0. The highest BCUT2D eigenvalue weighted by Gasteiger charge is 2.30. The Morgan fingerprint density at radius 2 is 1.50 bits per heavy atom. The fourth-order valence-corrected chi connectivity index (χ4v) is 3.57. The van der Waals surface area contributed by atoms with E-state index >= 15 is 0 Å². The first kappa shape index (κ1) is 14.8. The minimum absolute atomic E-state index is 0.289. The van der Waals surface area contributed by atoms with Gasteiger partial charge in [-0.1, -0.05) is 60.1 Å². The number of hydrogen-bond donors (Lipinski definition) is 0. The first-order valence-electron chi connectivity index (χ1n) is 6.29. The summed E-state index contributed by atoms with van der Waals surface area (Å²) in [7, 11) is -3.26. The molecule has 0 N–H and O–H groups in total. The van der Waals surface area contributed by atoms with Gasteiger partial charge in [0.25, 0.3) is 0 Å². The summed E-state index contributed by atoms with van der Waals surface area (Å²) in [5.74, 6) is 0. The molecule has 2 rings (SSSR count). The van der Waals surface area contributed by atoms with Crippen LogP contribution < -0.4 is 10.6 Å². The van der Waals surface area contributed by atoms with Crippen molar-refractivity contribution < 1.29 is 9.19 Å². The summed E-state index contributed by atoms with van der Waals surface area (Å²) in [6.45, 7) is 1.85. The van der Waals surface area contributed by atoms with E-state index in [0.29, 0.717) is 17.0 Å². The Morgan fingerprint density at radius 1 is 1.05 bits per heavy atom. The van der Waals surface area contributed by atoms with Gasteiger partial charge in [0, 0.05) is 6.42 Å². The molecule has 0 heterocycles. The maximum atomic E-state index is 13.2. The van der Waals surface area contributed by atoms with E-state index in [-0.39, 0.29) is 5.17 Å². The molecule has 2 aromatic carbocycles. The highest BCUT2D eigenvalue weighted by Crippen LogP contribution is 2.44. The van der Waals surface area contributed by atoms with Crippen molar-refractivity contribution in [2.75, 3.05) is 0 Å². The van der Waals surface area contributed by atoms with Crippen molar-refractivity contribution in [3.8, 4) is 0 Å². The van der Waals surface area contributed by atoms with Crippen molar-refractivity contribution in [1.29, 1.82) is 0 Å². The van der Waals surface area contributed by atoms with Crippen LogP contribution in [0.3, 0.4) is 0 Å². The fourth-order valence-electron chi connectivity index (χ4n) is 1.66. The van der Waals surface area contributed by atoms with Crippen LogP contribution in [0.2, 0.25) is 0 Å². The molecule has 2 aromatic rings. The summed E-state index contributed by atoms with van der Waals surface area (Å²) in [5, 5.41) is 5.26. The largest absolute Gasteiger partial charge is 0.330 e. The molecule has 0 atom stereocenters. The van der Waals surface area contributed by atoms with Gasteiger partial charge in [-0.05, 0) is 24.3 Å². The molecule has 104 valence electrons. The molecule has 0 aliphatic rings. The predicted molar refractivity (Wildman–Crippen MR) is 84.4 cm³/mol. The summed E-state index contributed by atoms with van der Waals surface area (Å²) in [6, 6.07) is 18.1. The van der Waals surface area contributed by atoms with Crippen molar-refractivity contribution in [2.45, 2.75) is 13.3 Å². The molecular weight excluding hydrogens is 293 g/mol. The summed E-state index contributed by atoms with van der Waals surface area (Å²) < 4.78 is 18.6. The third-order valence-corrected chi connectivity index (χ3v) is 5.34. The second-order valence-corrected chi connectivity index (χ2v) is 6.86. The molecule has 0 amide bonds. The second-order valence-electron chi connectivity index (χ2n) is 4.13. The quantitative estimate of drug-likeness (QED) is 0.477. The molecule has 0 unspecified atom stereocenters. The smallest absolute Gasteiger partial charge is 0.329 e. The van der Waals surface area contributed by atoms with Gasteiger partial charge in [-0.3, -0.25) is 4.57 Å². The Bertz CT molecular complexity index is 585. The lowest BCUT2D eigenvalue weighted by Gasteiger charge is -2.16. The highest BCUT2D eigenvalue weighted by molar-refractivity contribution is 7.74. The SMILES string of the molecule is CCC(Cl)=NOP(=O)(c1ccccc1)c1ccccc1. The third-order valence-electron chi connectivity index (χ3n) is 2.74. The molecule has 0 spiro atoms. The lowest BCUT2D eigenvalue weighted by molar-refractivity contribution is 0.349. The first-order chi connectivity index (χ1) is 9.66. The molecule has 0 saturated carbocycles. The van der Waals surface area contributed by atoms with Crippen LogP contribution in [-0.2, 0) is 9.19 Å². The van der Waals surface area contributed by atoms with Gasteiger partial charge < -0.3 is 4.62 Å². The molecule has 0 fully saturated rings. The monoisotopic (exact) mass is 307 g/mol.